The molecule has 4 aliphatic rings. The molecule has 2 aliphatic heterocycles. The van der Waals surface area contributed by atoms with Crippen LogP contribution in [0.3, 0.4) is 0 Å². The van der Waals surface area contributed by atoms with Crippen LogP contribution in [0.25, 0.3) is 0 Å². The highest BCUT2D eigenvalue weighted by molar-refractivity contribution is 6.83. The number of β-lactam (4-membered cyclic amide) rings is 2. The second-order valence-electron chi connectivity index (χ2n) is 22.0. The van der Waals surface area contributed by atoms with Crippen LogP contribution >= 0.6 is 0 Å². The minimum absolute atomic E-state index is 0. The Bertz CT molecular complexity index is 2150. The molecule has 2 fully saturated rings. The quantitative estimate of drug-likeness (QED) is 0.122. The monoisotopic (exact) mass is 993 g/mol. The molecular formula is C50H80N4O9Si4. The van der Waals surface area contributed by atoms with E-state index in [9.17, 15) is 24.8 Å². The zero-order valence-corrected chi connectivity index (χ0v) is 45.2. The number of hydrogen-bond donors (Lipinski definition) is 1. The summed E-state index contributed by atoms with van der Waals surface area (Å²) in [4.78, 5) is 49.1. The van der Waals surface area contributed by atoms with Crippen molar-refractivity contribution in [1.82, 2.24) is 10.1 Å². The van der Waals surface area contributed by atoms with Crippen LogP contribution in [0, 0.1) is 28.2 Å². The van der Waals surface area contributed by atoms with Gasteiger partial charge >= 0.3 is 0 Å². The van der Waals surface area contributed by atoms with Crippen molar-refractivity contribution in [3.05, 3.63) is 96.1 Å². The fourth-order valence-electron chi connectivity index (χ4n) is 7.57. The molecule has 1 N–H and O–H groups in total. The zero-order chi connectivity index (χ0) is 49.0. The van der Waals surface area contributed by atoms with E-state index < -0.39 is 68.0 Å². The number of amides is 2. The van der Waals surface area contributed by atoms with E-state index >= 15 is 0 Å². The molecule has 0 radical (unpaired) electrons. The van der Waals surface area contributed by atoms with E-state index in [0.29, 0.717) is 13.0 Å². The van der Waals surface area contributed by atoms with Crippen molar-refractivity contribution in [3.63, 3.8) is 0 Å². The summed E-state index contributed by atoms with van der Waals surface area (Å²) in [7, 11) is -7.66. The van der Waals surface area contributed by atoms with Crippen LogP contribution in [0.5, 0.6) is 0 Å². The maximum atomic E-state index is 12.6. The molecule has 7 atom stereocenters. The van der Waals surface area contributed by atoms with Gasteiger partial charge in [0.2, 0.25) is 11.8 Å². The van der Waals surface area contributed by atoms with Crippen molar-refractivity contribution in [2.45, 2.75) is 181 Å². The third-order valence-electron chi connectivity index (χ3n) is 12.0. The fraction of sp³-hybridized carbons (Fsp3) is 0.580. The summed E-state index contributed by atoms with van der Waals surface area (Å²) in [5.74, 6) is -0.838. The van der Waals surface area contributed by atoms with Gasteiger partial charge in [-0.2, -0.15) is 5.26 Å². The Balaban J connectivity index is 0.000000401. The summed E-state index contributed by atoms with van der Waals surface area (Å²) in [6.07, 6.45) is 4.58. The minimum atomic E-state index is -2.30. The van der Waals surface area contributed by atoms with Crippen LogP contribution in [-0.2, 0) is 50.6 Å². The summed E-state index contributed by atoms with van der Waals surface area (Å²) in [5.41, 5.74) is 1.27. The van der Waals surface area contributed by atoms with E-state index in [1.807, 2.05) is 112 Å². The highest BCUT2D eigenvalue weighted by Gasteiger charge is 2.65. The first kappa shape index (κ1) is 59.3. The van der Waals surface area contributed by atoms with E-state index in [-0.39, 0.29) is 56.4 Å². The molecule has 2 aliphatic carbocycles. The normalized spacial score (nSPS) is 26.9. The number of carbonyl (C=O) groups is 3. The Hall–Kier alpha value is -3.86. The fourth-order valence-corrected chi connectivity index (χ4v) is 11.3. The van der Waals surface area contributed by atoms with Gasteiger partial charge in [-0.25, -0.2) is 15.4 Å². The Labute approximate surface area is 406 Å². The standard InChI is InChI=1S/C23H34N2O4Si2.C21H29NO5Si.C4H9NSi.2CH4/c1-18-21(28-30(2,3)4)22(13-14-23(18,17-24)29-31(5,6)7)15-20(26)25(22)27-16-19-11-9-8-10-12-19;1-20(2,3)28(4,5)27-18-16(23)11-12-21(19(18)25)13-17(24)22(21)26-14-15-9-7-6-8-10-15;1-6(2,3)4-5;;/h8-14,18,21H,15-16H2,1-7H3;6-12,18-19,25H,13-14H2,1-5H3;1-3H3;2*1H4/t18-,21+,22-,23-;18-,19-,21+;;;/m01.../s1. The van der Waals surface area contributed by atoms with Crippen LogP contribution in [0.2, 0.25) is 77.1 Å². The average molecular weight is 994 g/mol. The van der Waals surface area contributed by atoms with Gasteiger partial charge in [0.1, 0.15) is 42.6 Å². The minimum Gasteiger partial charge on any atom is -0.411 e. The lowest BCUT2D eigenvalue weighted by molar-refractivity contribution is -0.275. The molecule has 0 unspecified atom stereocenters. The molecule has 2 saturated heterocycles. The molecule has 2 spiro atoms. The van der Waals surface area contributed by atoms with Crippen molar-refractivity contribution >= 4 is 50.6 Å². The van der Waals surface area contributed by atoms with Gasteiger partial charge in [-0.1, -0.05) is 129 Å². The van der Waals surface area contributed by atoms with Crippen LogP contribution in [0.15, 0.2) is 85.0 Å². The van der Waals surface area contributed by atoms with Crippen LogP contribution in [0.4, 0.5) is 0 Å². The van der Waals surface area contributed by atoms with Crippen LogP contribution in [-0.4, -0.2) is 101 Å². The number of aliphatic hydroxyl groups is 1. The van der Waals surface area contributed by atoms with Gasteiger partial charge < -0.3 is 18.4 Å². The predicted octanol–water partition coefficient (Wildman–Crippen LogP) is 10.3. The average Bonchev–Trinajstić information content (AvgIpc) is 3.19. The zero-order valence-electron chi connectivity index (χ0n) is 41.2. The third kappa shape index (κ3) is 14.1. The molecule has 2 aromatic rings. The second-order valence-corrected chi connectivity index (χ2v) is 40.3. The van der Waals surface area contributed by atoms with Gasteiger partial charge in [0.25, 0.3) is 0 Å². The van der Waals surface area contributed by atoms with Crippen molar-refractivity contribution in [3.8, 4) is 11.8 Å². The van der Waals surface area contributed by atoms with E-state index in [0.717, 1.165) is 11.1 Å². The molecule has 0 aromatic heterocycles. The molecule has 13 nitrogen and oxygen atoms in total. The first-order valence-corrected chi connectivity index (χ1v) is 35.6. The molecule has 6 rings (SSSR count). The molecule has 0 saturated carbocycles. The number of benzene rings is 2. The van der Waals surface area contributed by atoms with Crippen molar-refractivity contribution in [2.75, 3.05) is 0 Å². The molecule has 0 bridgehead atoms. The lowest BCUT2D eigenvalue weighted by atomic mass is 9.66. The largest absolute Gasteiger partial charge is 0.411 e. The number of aliphatic hydroxyl groups excluding tert-OH is 1. The third-order valence-corrected chi connectivity index (χ3v) is 19.1. The molecule has 2 heterocycles. The Morgan fingerprint density at radius 3 is 1.54 bits per heavy atom. The first-order valence-electron chi connectivity index (χ1n) is 22.4. The van der Waals surface area contributed by atoms with Crippen LogP contribution < -0.4 is 0 Å². The second kappa shape index (κ2) is 22.3. The van der Waals surface area contributed by atoms with Crippen molar-refractivity contribution in [2.24, 2.45) is 5.92 Å². The van der Waals surface area contributed by atoms with Gasteiger partial charge in [0.15, 0.2) is 44.4 Å². The van der Waals surface area contributed by atoms with Gasteiger partial charge in [-0.3, -0.25) is 24.1 Å². The Morgan fingerprint density at radius 2 is 1.15 bits per heavy atom. The molecular weight excluding hydrogens is 913 g/mol. The van der Waals surface area contributed by atoms with Gasteiger partial charge in [0, 0.05) is 11.6 Å². The lowest BCUT2D eigenvalue weighted by Crippen LogP contribution is -2.74. The maximum Gasteiger partial charge on any atom is 0.249 e. The van der Waals surface area contributed by atoms with Crippen molar-refractivity contribution < 1.29 is 42.4 Å². The molecule has 67 heavy (non-hydrogen) atoms. The van der Waals surface area contributed by atoms with Crippen molar-refractivity contribution in [1.29, 1.82) is 10.5 Å². The summed E-state index contributed by atoms with van der Waals surface area (Å²) in [6.45, 7) is 31.5. The highest BCUT2D eigenvalue weighted by Crippen LogP contribution is 2.50. The first-order chi connectivity index (χ1) is 29.9. The number of hydroxylamine groups is 4. The van der Waals surface area contributed by atoms with Gasteiger partial charge in [-0.05, 0) is 86.8 Å². The Morgan fingerprint density at radius 1 is 0.701 bits per heavy atom. The van der Waals surface area contributed by atoms with E-state index in [1.54, 1.807) is 6.08 Å². The Kier molecular flexibility index (Phi) is 19.7. The SMILES string of the molecule is C.C.CC(C)(C)[Si](C)(C)O[C@@H]1C(=O)C=C[C@]2(CC(=O)N2OCc2ccccc2)[C@@H]1O.C[C@H]1[C@@H](O[Si](C)(C)C)[C@]2(C=C[C@@]1(C#N)O[Si](C)(C)C)CC(=O)N2OCc1ccccc1.C[Si](C)(C)C#N. The number of nitriles is 2. The number of carbonyl (C=O) groups excluding carboxylic acids is 3. The number of ketones is 1. The van der Waals surface area contributed by atoms with E-state index in [4.69, 9.17) is 28.2 Å². The molecule has 2 aromatic carbocycles. The molecule has 370 valence electrons. The van der Waals surface area contributed by atoms with Crippen LogP contribution in [0.1, 0.15) is 66.5 Å². The summed E-state index contributed by atoms with van der Waals surface area (Å²) < 4.78 is 19.3. The molecule has 2 amide bonds. The number of rotatable bonds is 12. The van der Waals surface area contributed by atoms with Gasteiger partial charge in [-0.15, -0.1) is 0 Å². The highest BCUT2D eigenvalue weighted by atomic mass is 28.4. The van der Waals surface area contributed by atoms with Gasteiger partial charge in [0.05, 0.1) is 18.9 Å². The lowest BCUT2D eigenvalue weighted by Gasteiger charge is -2.59. The topological polar surface area (TPSA) is 172 Å². The predicted molar refractivity (Wildman–Crippen MR) is 275 cm³/mol. The van der Waals surface area contributed by atoms with E-state index in [2.05, 4.69) is 71.8 Å². The summed E-state index contributed by atoms with van der Waals surface area (Å²) >= 11 is 0. The smallest absolute Gasteiger partial charge is 0.249 e. The van der Waals surface area contributed by atoms with E-state index in [1.165, 1.54) is 16.2 Å². The number of nitrogens with zero attached hydrogens (tertiary/aromatic N) is 4. The maximum absolute atomic E-state index is 12.6. The summed E-state index contributed by atoms with van der Waals surface area (Å²) in [5, 5.41) is 32.0. The molecule has 17 heteroatoms. The summed E-state index contributed by atoms with van der Waals surface area (Å²) in [6, 6.07) is 21.7. The number of hydrogen-bond acceptors (Lipinski definition) is 11.